The summed E-state index contributed by atoms with van der Waals surface area (Å²) in [6.45, 7) is 2.25. The van der Waals surface area contributed by atoms with Crippen molar-refractivity contribution < 1.29 is 23.5 Å². The zero-order valence-corrected chi connectivity index (χ0v) is 16.4. The van der Waals surface area contributed by atoms with Crippen LogP contribution < -0.4 is 4.74 Å². The summed E-state index contributed by atoms with van der Waals surface area (Å²) in [6.07, 6.45) is 2.73. The number of carbonyl (C=O) groups is 1. The number of benzene rings is 1. The molecule has 3 rings (SSSR count). The van der Waals surface area contributed by atoms with E-state index in [1.807, 2.05) is 29.2 Å². The summed E-state index contributed by atoms with van der Waals surface area (Å²) in [4.78, 5) is 18.7. The molecule has 1 fully saturated rings. The Labute approximate surface area is 164 Å². The number of aromatic nitrogens is 2. The van der Waals surface area contributed by atoms with Gasteiger partial charge in [-0.1, -0.05) is 17.3 Å². The molecule has 1 aliphatic rings. The normalized spacial score (nSPS) is 15.0. The molecule has 8 heteroatoms. The van der Waals surface area contributed by atoms with E-state index in [9.17, 15) is 4.79 Å². The molecule has 0 saturated carbocycles. The molecule has 0 bridgehead atoms. The Hall–Kier alpha value is -2.45. The van der Waals surface area contributed by atoms with Gasteiger partial charge in [0.1, 0.15) is 12.4 Å². The van der Waals surface area contributed by atoms with Crippen molar-refractivity contribution in [1.29, 1.82) is 0 Å². The highest BCUT2D eigenvalue weighted by Crippen LogP contribution is 2.18. The number of carbonyl (C=O) groups excluding carboxylic acids is 1. The van der Waals surface area contributed by atoms with E-state index in [2.05, 4.69) is 10.1 Å². The molecule has 8 nitrogen and oxygen atoms in total. The lowest BCUT2D eigenvalue weighted by molar-refractivity contribution is -0.133. The number of piperidine rings is 1. The molecule has 1 aromatic carbocycles. The second kappa shape index (κ2) is 10.2. The average molecular weight is 389 g/mol. The van der Waals surface area contributed by atoms with Gasteiger partial charge in [-0.25, -0.2) is 0 Å². The zero-order chi connectivity index (χ0) is 19.8. The third kappa shape index (κ3) is 5.77. The minimum atomic E-state index is 0.0966. The summed E-state index contributed by atoms with van der Waals surface area (Å²) in [5.41, 5.74) is 0.991. The lowest BCUT2D eigenvalue weighted by Crippen LogP contribution is -2.41. The quantitative estimate of drug-likeness (QED) is 0.648. The van der Waals surface area contributed by atoms with Gasteiger partial charge in [-0.3, -0.25) is 4.79 Å². The van der Waals surface area contributed by atoms with E-state index in [1.54, 1.807) is 14.2 Å². The highest BCUT2D eigenvalue weighted by atomic mass is 16.5. The van der Waals surface area contributed by atoms with Crippen molar-refractivity contribution in [3.63, 3.8) is 0 Å². The smallest absolute Gasteiger partial charge is 0.252 e. The van der Waals surface area contributed by atoms with Crippen LogP contribution in [-0.4, -0.2) is 61.0 Å². The third-order valence-corrected chi connectivity index (χ3v) is 4.79. The first-order valence-corrected chi connectivity index (χ1v) is 9.50. The van der Waals surface area contributed by atoms with Gasteiger partial charge in [0.05, 0.1) is 26.2 Å². The molecular formula is C20H27N3O5. The molecule has 1 aromatic heterocycles. The van der Waals surface area contributed by atoms with Crippen molar-refractivity contribution in [1.82, 2.24) is 15.0 Å². The molecule has 0 aliphatic carbocycles. The Morgan fingerprint density at radius 2 is 1.96 bits per heavy atom. The third-order valence-electron chi connectivity index (χ3n) is 4.79. The molecule has 28 heavy (non-hydrogen) atoms. The van der Waals surface area contributed by atoms with E-state index >= 15 is 0 Å². The van der Waals surface area contributed by atoms with Gasteiger partial charge < -0.3 is 23.6 Å². The van der Waals surface area contributed by atoms with Crippen LogP contribution in [0, 0.1) is 0 Å². The topological polar surface area (TPSA) is 86.9 Å². The highest BCUT2D eigenvalue weighted by Gasteiger charge is 2.24. The number of hydrogen-bond donors (Lipinski definition) is 0. The minimum absolute atomic E-state index is 0.0966. The lowest BCUT2D eigenvalue weighted by atomic mass is 10.1. The predicted molar refractivity (Wildman–Crippen MR) is 101 cm³/mol. The molecule has 0 radical (unpaired) electrons. The summed E-state index contributed by atoms with van der Waals surface area (Å²) >= 11 is 0. The fourth-order valence-corrected chi connectivity index (χ4v) is 3.13. The van der Waals surface area contributed by atoms with Crippen molar-refractivity contribution >= 4 is 5.91 Å². The van der Waals surface area contributed by atoms with Crippen molar-refractivity contribution in [2.75, 3.05) is 33.9 Å². The zero-order valence-electron chi connectivity index (χ0n) is 16.4. The summed E-state index contributed by atoms with van der Waals surface area (Å²) in [6, 6.07) is 7.61. The molecular weight excluding hydrogens is 362 g/mol. The van der Waals surface area contributed by atoms with Gasteiger partial charge in [-0.2, -0.15) is 4.98 Å². The summed E-state index contributed by atoms with van der Waals surface area (Å²) in [5.74, 6) is 2.04. The van der Waals surface area contributed by atoms with E-state index in [0.29, 0.717) is 50.9 Å². The molecule has 0 spiro atoms. The Morgan fingerprint density at radius 1 is 1.21 bits per heavy atom. The molecule has 0 unspecified atom stereocenters. The van der Waals surface area contributed by atoms with Crippen LogP contribution in [0.15, 0.2) is 28.8 Å². The van der Waals surface area contributed by atoms with Gasteiger partial charge in [0.15, 0.2) is 5.82 Å². The Kier molecular flexibility index (Phi) is 7.39. The van der Waals surface area contributed by atoms with Gasteiger partial charge >= 0.3 is 0 Å². The number of nitrogens with zero attached hydrogens (tertiary/aromatic N) is 3. The standard InChI is InChI=1S/C20H27N3O5/c1-25-12-9-18-21-19(28-22-18)14-27-17-7-10-23(11-8-17)20(24)13-15-3-5-16(26-2)6-4-15/h3-6,17H,7-14H2,1-2H3. The van der Waals surface area contributed by atoms with E-state index < -0.39 is 0 Å². The molecule has 152 valence electrons. The average Bonchev–Trinajstić information content (AvgIpc) is 3.19. The number of amides is 1. The van der Waals surface area contributed by atoms with Crippen LogP contribution in [0.5, 0.6) is 5.75 Å². The van der Waals surface area contributed by atoms with Gasteiger partial charge in [-0.15, -0.1) is 0 Å². The van der Waals surface area contributed by atoms with Crippen molar-refractivity contribution in [2.45, 2.75) is 38.4 Å². The maximum atomic E-state index is 12.5. The van der Waals surface area contributed by atoms with Crippen LogP contribution in [-0.2, 0) is 33.7 Å². The second-order valence-electron chi connectivity index (χ2n) is 6.76. The molecule has 0 atom stereocenters. The van der Waals surface area contributed by atoms with E-state index in [0.717, 1.165) is 24.2 Å². The van der Waals surface area contributed by atoms with Crippen LogP contribution >= 0.6 is 0 Å². The summed E-state index contributed by atoms with van der Waals surface area (Å²) in [5, 5.41) is 3.90. The Bertz CT molecular complexity index is 739. The summed E-state index contributed by atoms with van der Waals surface area (Å²) in [7, 11) is 3.27. The second-order valence-corrected chi connectivity index (χ2v) is 6.76. The molecule has 1 aliphatic heterocycles. The lowest BCUT2D eigenvalue weighted by Gasteiger charge is -2.31. The van der Waals surface area contributed by atoms with Crippen LogP contribution in [0.1, 0.15) is 30.1 Å². The van der Waals surface area contributed by atoms with E-state index in [4.69, 9.17) is 18.7 Å². The maximum absolute atomic E-state index is 12.5. The molecule has 1 amide bonds. The van der Waals surface area contributed by atoms with Crippen LogP contribution in [0.4, 0.5) is 0 Å². The maximum Gasteiger partial charge on any atom is 0.252 e. The van der Waals surface area contributed by atoms with Crippen LogP contribution in [0.25, 0.3) is 0 Å². The number of methoxy groups -OCH3 is 2. The number of hydrogen-bond acceptors (Lipinski definition) is 7. The number of likely N-dealkylation sites (tertiary alicyclic amines) is 1. The summed E-state index contributed by atoms with van der Waals surface area (Å²) < 4.78 is 21.2. The van der Waals surface area contributed by atoms with Crippen LogP contribution in [0.2, 0.25) is 0 Å². The largest absolute Gasteiger partial charge is 0.497 e. The fraction of sp³-hybridized carbons (Fsp3) is 0.550. The number of rotatable bonds is 9. The monoisotopic (exact) mass is 389 g/mol. The fourth-order valence-electron chi connectivity index (χ4n) is 3.13. The Morgan fingerprint density at radius 3 is 2.64 bits per heavy atom. The molecule has 1 saturated heterocycles. The first-order valence-electron chi connectivity index (χ1n) is 9.50. The van der Waals surface area contributed by atoms with Crippen molar-refractivity contribution in [2.24, 2.45) is 0 Å². The highest BCUT2D eigenvalue weighted by molar-refractivity contribution is 5.78. The molecule has 2 heterocycles. The minimum Gasteiger partial charge on any atom is -0.497 e. The number of ether oxygens (including phenoxy) is 3. The van der Waals surface area contributed by atoms with Gasteiger partial charge in [0.2, 0.25) is 5.91 Å². The van der Waals surface area contributed by atoms with Crippen molar-refractivity contribution in [3.05, 3.63) is 41.5 Å². The van der Waals surface area contributed by atoms with Crippen molar-refractivity contribution in [3.8, 4) is 5.75 Å². The Balaban J connectivity index is 1.38. The van der Waals surface area contributed by atoms with Gasteiger partial charge in [0.25, 0.3) is 5.89 Å². The SMILES string of the molecule is COCCc1noc(COC2CCN(C(=O)Cc3ccc(OC)cc3)CC2)n1. The van der Waals surface area contributed by atoms with Gasteiger partial charge in [-0.05, 0) is 30.5 Å². The predicted octanol–water partition coefficient (Wildman–Crippen LogP) is 2.02. The van der Waals surface area contributed by atoms with E-state index in [-0.39, 0.29) is 12.0 Å². The first kappa shape index (κ1) is 20.3. The van der Waals surface area contributed by atoms with Gasteiger partial charge in [0, 0.05) is 26.6 Å². The molecule has 2 aromatic rings. The van der Waals surface area contributed by atoms with E-state index in [1.165, 1.54) is 0 Å². The van der Waals surface area contributed by atoms with Crippen LogP contribution in [0.3, 0.4) is 0 Å². The molecule has 0 N–H and O–H groups in total. The first-order chi connectivity index (χ1) is 13.7.